The zero-order chi connectivity index (χ0) is 49.8. The minimum absolute atomic E-state index is 0.161. The third-order valence-electron chi connectivity index (χ3n) is 17.1. The Morgan fingerprint density at radius 1 is 0.260 bits per heavy atom. The summed E-state index contributed by atoms with van der Waals surface area (Å²) in [6.07, 6.45) is 0. The second-order valence-corrected chi connectivity index (χ2v) is 20.9. The first-order valence-corrected chi connectivity index (χ1v) is 26.2. The maximum atomic E-state index is 7.55. The number of hydrogen-bond acceptors (Lipinski definition) is 8. The van der Waals surface area contributed by atoms with Crippen LogP contribution < -0.4 is 77.9 Å². The van der Waals surface area contributed by atoms with Crippen molar-refractivity contribution in [3.63, 3.8) is 0 Å². The molecular formula is C66H35B3N2O6. The summed E-state index contributed by atoms with van der Waals surface area (Å²) < 4.78 is 42.7. The Bertz CT molecular complexity index is 4530. The number of benzene rings is 11. The molecule has 2 aromatic heterocycles. The summed E-state index contributed by atoms with van der Waals surface area (Å²) >= 11 is 0. The molecule has 11 aromatic carbocycles. The Hall–Kier alpha value is -9.99. The minimum atomic E-state index is -0.435. The van der Waals surface area contributed by atoms with Gasteiger partial charge in [0.15, 0.2) is 0 Å². The molecule has 0 saturated carbocycles. The van der Waals surface area contributed by atoms with E-state index in [1.165, 1.54) is 0 Å². The molecule has 0 saturated heterocycles. The molecule has 0 spiro atoms. The fraction of sp³-hybridized carbons (Fsp3) is 0. The van der Waals surface area contributed by atoms with Crippen molar-refractivity contribution < 1.29 is 27.8 Å². The molecule has 0 radical (unpaired) electrons. The molecule has 0 aliphatic carbocycles. The third kappa shape index (κ3) is 5.20. The molecule has 0 N–H and O–H groups in total. The smallest absolute Gasteiger partial charge is 0.261 e. The number of hydrogen-bond donors (Lipinski definition) is 0. The lowest BCUT2D eigenvalue weighted by molar-refractivity contribution is 0.466. The number of ether oxygens (including phenoxy) is 4. The van der Waals surface area contributed by atoms with E-state index in [9.17, 15) is 0 Å². The Kier molecular flexibility index (Phi) is 7.58. The second-order valence-electron chi connectivity index (χ2n) is 20.9. The molecule has 8 heterocycles. The average Bonchev–Trinajstić information content (AvgIpc) is 4.12. The molecule has 11 heteroatoms. The van der Waals surface area contributed by atoms with Crippen LogP contribution in [0.2, 0.25) is 0 Å². The van der Waals surface area contributed by atoms with Crippen LogP contribution in [-0.4, -0.2) is 20.1 Å². The largest absolute Gasteiger partial charge is 0.459 e. The van der Waals surface area contributed by atoms with Crippen LogP contribution in [0.3, 0.4) is 0 Å². The van der Waals surface area contributed by atoms with Crippen LogP contribution in [-0.2, 0) is 0 Å². The molecule has 0 amide bonds. The maximum Gasteiger partial charge on any atom is 0.261 e. The van der Waals surface area contributed by atoms with E-state index in [0.717, 1.165) is 173 Å². The van der Waals surface area contributed by atoms with Crippen LogP contribution in [0, 0.1) is 0 Å². The van der Waals surface area contributed by atoms with Crippen molar-refractivity contribution in [3.8, 4) is 46.0 Å². The van der Waals surface area contributed by atoms with Gasteiger partial charge in [-0.2, -0.15) is 0 Å². The summed E-state index contributed by atoms with van der Waals surface area (Å²) in [6, 6.07) is 74.8. The Morgan fingerprint density at radius 2 is 0.649 bits per heavy atom. The van der Waals surface area contributed by atoms with Gasteiger partial charge in [-0.25, -0.2) is 0 Å². The first-order chi connectivity index (χ1) is 38.2. The van der Waals surface area contributed by atoms with Crippen molar-refractivity contribution >= 4 is 147 Å². The third-order valence-corrected chi connectivity index (χ3v) is 17.1. The predicted molar refractivity (Wildman–Crippen MR) is 310 cm³/mol. The van der Waals surface area contributed by atoms with Crippen LogP contribution in [0.25, 0.3) is 43.9 Å². The van der Waals surface area contributed by atoms with Crippen LogP contribution in [0.1, 0.15) is 0 Å². The molecule has 0 fully saturated rings. The second kappa shape index (κ2) is 14.4. The fourth-order valence-electron chi connectivity index (χ4n) is 14.0. The molecule has 0 bridgehead atoms. The highest BCUT2D eigenvalue weighted by atomic mass is 16.5. The van der Waals surface area contributed by atoms with Crippen LogP contribution >= 0.6 is 0 Å². The highest BCUT2D eigenvalue weighted by Gasteiger charge is 2.53. The van der Waals surface area contributed by atoms with Gasteiger partial charge in [0.1, 0.15) is 68.3 Å². The van der Waals surface area contributed by atoms with E-state index in [2.05, 4.69) is 198 Å². The van der Waals surface area contributed by atoms with Crippen molar-refractivity contribution in [3.05, 3.63) is 212 Å². The van der Waals surface area contributed by atoms with E-state index in [4.69, 9.17) is 27.8 Å². The average molecular weight is 984 g/mol. The lowest BCUT2D eigenvalue weighted by atomic mass is 9.29. The van der Waals surface area contributed by atoms with Crippen molar-refractivity contribution in [2.75, 3.05) is 9.80 Å². The van der Waals surface area contributed by atoms with Crippen LogP contribution in [0.5, 0.6) is 46.0 Å². The van der Waals surface area contributed by atoms with Gasteiger partial charge in [0.2, 0.25) is 0 Å². The van der Waals surface area contributed by atoms with Crippen molar-refractivity contribution in [1.29, 1.82) is 0 Å². The normalized spacial score (nSPS) is 14.3. The number of fused-ring (bicyclic) bond motifs is 20. The van der Waals surface area contributed by atoms with E-state index in [0.29, 0.717) is 0 Å². The van der Waals surface area contributed by atoms with Crippen LogP contribution in [0.4, 0.5) is 34.1 Å². The first-order valence-electron chi connectivity index (χ1n) is 26.2. The number of nitrogens with zero attached hydrogens (tertiary/aromatic N) is 2. The highest BCUT2D eigenvalue weighted by Crippen LogP contribution is 2.51. The zero-order valence-electron chi connectivity index (χ0n) is 40.8. The molecule has 13 aromatic rings. The molecule has 19 rings (SSSR count). The van der Waals surface area contributed by atoms with E-state index in [1.807, 2.05) is 24.3 Å². The number of rotatable bonds is 2. The molecule has 77 heavy (non-hydrogen) atoms. The van der Waals surface area contributed by atoms with Gasteiger partial charge in [-0.1, -0.05) is 115 Å². The summed E-state index contributed by atoms with van der Waals surface area (Å²) in [7, 11) is 0. The van der Waals surface area contributed by atoms with Gasteiger partial charge in [-0.3, -0.25) is 0 Å². The zero-order valence-corrected chi connectivity index (χ0v) is 40.8. The van der Waals surface area contributed by atoms with E-state index >= 15 is 0 Å². The monoisotopic (exact) mass is 984 g/mol. The predicted octanol–water partition coefficient (Wildman–Crippen LogP) is 11.0. The van der Waals surface area contributed by atoms with Gasteiger partial charge in [0.25, 0.3) is 20.1 Å². The lowest BCUT2D eigenvalue weighted by Crippen LogP contribution is -2.66. The van der Waals surface area contributed by atoms with Crippen molar-refractivity contribution in [2.45, 2.75) is 0 Å². The molecule has 8 nitrogen and oxygen atoms in total. The number of para-hydroxylation sites is 6. The maximum absolute atomic E-state index is 7.55. The summed E-state index contributed by atoms with van der Waals surface area (Å²) in [5, 5.41) is 4.26. The van der Waals surface area contributed by atoms with Gasteiger partial charge in [0, 0.05) is 90.9 Å². The van der Waals surface area contributed by atoms with Gasteiger partial charge in [-0.15, -0.1) is 0 Å². The Labute approximate surface area is 441 Å². The summed E-state index contributed by atoms with van der Waals surface area (Å²) in [4.78, 5) is 4.79. The quantitative estimate of drug-likeness (QED) is 0.159. The minimum Gasteiger partial charge on any atom is -0.459 e. The molecular weight excluding hydrogens is 949 g/mol. The number of anilines is 6. The fourth-order valence-corrected chi connectivity index (χ4v) is 14.0. The van der Waals surface area contributed by atoms with E-state index < -0.39 is 6.71 Å². The van der Waals surface area contributed by atoms with Gasteiger partial charge < -0.3 is 37.6 Å². The van der Waals surface area contributed by atoms with E-state index in [1.54, 1.807) is 0 Å². The summed E-state index contributed by atoms with van der Waals surface area (Å²) in [5.41, 5.74) is 18.5. The molecule has 0 unspecified atom stereocenters. The summed E-state index contributed by atoms with van der Waals surface area (Å²) in [5.74, 6) is 6.35. The Morgan fingerprint density at radius 3 is 1.10 bits per heavy atom. The molecule has 354 valence electrons. The molecule has 6 aliphatic rings. The number of furan rings is 2. The lowest BCUT2D eigenvalue weighted by Gasteiger charge is -2.47. The van der Waals surface area contributed by atoms with Crippen molar-refractivity contribution in [2.24, 2.45) is 0 Å². The standard InChI is InChI=1S/C66H35B3N2O6/c1-7-22-50-38(14-1)40-30-28-36(32-56(40)72-50)70-46-20-13-21-47-60(46)69(61-48(70)34-58-63-65(61)76-54-26-11-5-18-44(54)67(63)42-16-3-9-24-52(42)74-58)62-49(71(47)37-29-31-41-39-15-2-8-23-51(39)73-57(41)33-37)35-59-64-66(62)77-55-27-12-6-19-45(55)68(64)43-17-4-10-25-53(43)75-59/h1-35H. The van der Waals surface area contributed by atoms with Crippen LogP contribution in [0.15, 0.2) is 221 Å². The highest BCUT2D eigenvalue weighted by molar-refractivity contribution is 7.05. The first kappa shape index (κ1) is 40.4. The van der Waals surface area contributed by atoms with Gasteiger partial charge in [0.05, 0.1) is 0 Å². The molecule has 0 atom stereocenters. The van der Waals surface area contributed by atoms with Crippen molar-refractivity contribution in [1.82, 2.24) is 0 Å². The SMILES string of the molecule is c1ccc2c(c1)Oc1cc3c(c4c1B2c1ccccc1O4)B1c2c(cccc2N(c2ccc4c(c2)oc2ccccc24)c2cc4c5c(c21)Oc1ccccc1B5c1ccccc1O4)N3c1ccc2c(c1)oc1ccccc12. The Balaban J connectivity index is 0.960. The van der Waals surface area contributed by atoms with Gasteiger partial charge >= 0.3 is 0 Å². The van der Waals surface area contributed by atoms with E-state index in [-0.39, 0.29) is 13.4 Å². The topological polar surface area (TPSA) is 69.7 Å². The summed E-state index contributed by atoms with van der Waals surface area (Å²) in [6.45, 7) is -0.756. The molecule has 6 aliphatic heterocycles. The van der Waals surface area contributed by atoms with Gasteiger partial charge in [-0.05, 0) is 111 Å².